The predicted molar refractivity (Wildman–Crippen MR) is 122 cm³/mol. The summed E-state index contributed by atoms with van der Waals surface area (Å²) in [6.45, 7) is 9.24. The van der Waals surface area contributed by atoms with Crippen LogP contribution in [0.5, 0.6) is 0 Å². The van der Waals surface area contributed by atoms with Crippen molar-refractivity contribution in [2.75, 3.05) is 43.4 Å². The van der Waals surface area contributed by atoms with Gasteiger partial charge >= 0.3 is 0 Å². The summed E-state index contributed by atoms with van der Waals surface area (Å²) in [5.41, 5.74) is 3.76. The van der Waals surface area contributed by atoms with Gasteiger partial charge in [0.2, 0.25) is 11.8 Å². The number of benzene rings is 2. The number of nitrogens with zero attached hydrogens (tertiary/aromatic N) is 2. The summed E-state index contributed by atoms with van der Waals surface area (Å²) in [6.07, 6.45) is 0. The molecule has 0 bridgehead atoms. The van der Waals surface area contributed by atoms with Crippen LogP contribution in [0.1, 0.15) is 18.1 Å². The van der Waals surface area contributed by atoms with Gasteiger partial charge in [0.25, 0.3) is 0 Å². The van der Waals surface area contributed by atoms with Crippen molar-refractivity contribution in [3.63, 3.8) is 0 Å². The highest BCUT2D eigenvalue weighted by Crippen LogP contribution is 2.19. The van der Waals surface area contributed by atoms with E-state index in [1.54, 1.807) is 24.3 Å². The Labute approximate surface area is 183 Å². The number of aryl methyl sites for hydroxylation is 2. The van der Waals surface area contributed by atoms with Crippen molar-refractivity contribution in [3.8, 4) is 0 Å². The molecule has 2 aromatic carbocycles. The molecule has 0 saturated carbocycles. The average Bonchev–Trinajstić information content (AvgIpc) is 2.72. The largest absolute Gasteiger partial charge is 0.325 e. The van der Waals surface area contributed by atoms with Gasteiger partial charge in [-0.3, -0.25) is 19.4 Å². The van der Waals surface area contributed by atoms with E-state index in [0.29, 0.717) is 11.6 Å². The minimum absolute atomic E-state index is 0.00520. The molecule has 2 amide bonds. The van der Waals surface area contributed by atoms with Crippen LogP contribution in [0.15, 0.2) is 42.5 Å². The summed E-state index contributed by atoms with van der Waals surface area (Å²) >= 11 is 5.89. The van der Waals surface area contributed by atoms with Gasteiger partial charge in [-0.25, -0.2) is 0 Å². The van der Waals surface area contributed by atoms with Gasteiger partial charge in [-0.1, -0.05) is 29.8 Å². The molecule has 6 nitrogen and oxygen atoms in total. The lowest BCUT2D eigenvalue weighted by Crippen LogP contribution is -2.53. The zero-order chi connectivity index (χ0) is 21.7. The monoisotopic (exact) mass is 428 g/mol. The number of piperazine rings is 1. The number of hydrogen-bond acceptors (Lipinski definition) is 4. The van der Waals surface area contributed by atoms with Crippen LogP contribution in [0, 0.1) is 13.8 Å². The Hall–Kier alpha value is -2.41. The van der Waals surface area contributed by atoms with Crippen molar-refractivity contribution >= 4 is 34.8 Å². The highest BCUT2D eigenvalue weighted by atomic mass is 35.5. The van der Waals surface area contributed by atoms with Crippen molar-refractivity contribution in [3.05, 3.63) is 58.6 Å². The quantitative estimate of drug-likeness (QED) is 0.738. The second-order valence-electron chi connectivity index (χ2n) is 7.80. The zero-order valence-corrected chi connectivity index (χ0v) is 18.5. The molecule has 0 aromatic heterocycles. The Balaban J connectivity index is 1.46. The third kappa shape index (κ3) is 5.81. The molecule has 0 aliphatic carbocycles. The van der Waals surface area contributed by atoms with E-state index in [9.17, 15) is 9.59 Å². The van der Waals surface area contributed by atoms with Crippen LogP contribution in [0.4, 0.5) is 11.4 Å². The molecule has 30 heavy (non-hydrogen) atoms. The highest BCUT2D eigenvalue weighted by molar-refractivity contribution is 6.30. The lowest BCUT2D eigenvalue weighted by molar-refractivity contribution is -0.122. The average molecular weight is 429 g/mol. The second-order valence-corrected chi connectivity index (χ2v) is 8.24. The molecule has 0 spiro atoms. The summed E-state index contributed by atoms with van der Waals surface area (Å²) in [5.74, 6) is -0.0482. The van der Waals surface area contributed by atoms with E-state index in [1.165, 1.54) is 0 Å². The molecule has 2 N–H and O–H groups in total. The van der Waals surface area contributed by atoms with Crippen molar-refractivity contribution in [2.45, 2.75) is 26.8 Å². The van der Waals surface area contributed by atoms with Crippen LogP contribution in [-0.2, 0) is 9.59 Å². The molecule has 160 valence electrons. The molecule has 0 radical (unpaired) electrons. The summed E-state index contributed by atoms with van der Waals surface area (Å²) in [4.78, 5) is 29.3. The van der Waals surface area contributed by atoms with E-state index in [0.717, 1.165) is 48.7 Å². The van der Waals surface area contributed by atoms with Gasteiger partial charge in [0.15, 0.2) is 0 Å². The second kappa shape index (κ2) is 10.1. The molecule has 3 rings (SSSR count). The third-order valence-corrected chi connectivity index (χ3v) is 5.81. The first-order valence-electron chi connectivity index (χ1n) is 10.2. The topological polar surface area (TPSA) is 64.7 Å². The van der Waals surface area contributed by atoms with E-state index >= 15 is 0 Å². The summed E-state index contributed by atoms with van der Waals surface area (Å²) in [6, 6.07) is 12.8. The number of carbonyl (C=O) groups is 2. The SMILES string of the molecule is Cc1cccc(C)c1NC(=O)CN1CCN([C@@H](C)C(=O)Nc2ccc(Cl)cc2)CC1. The molecule has 2 aromatic rings. The molecule has 0 unspecified atom stereocenters. The molecule has 1 heterocycles. The molecule has 1 fully saturated rings. The molecule has 1 atom stereocenters. The smallest absolute Gasteiger partial charge is 0.241 e. The molecular formula is C23H29ClN4O2. The maximum absolute atomic E-state index is 12.6. The van der Waals surface area contributed by atoms with Gasteiger partial charge in [-0.2, -0.15) is 0 Å². The Kier molecular flexibility index (Phi) is 7.48. The van der Waals surface area contributed by atoms with E-state index in [4.69, 9.17) is 11.6 Å². The van der Waals surface area contributed by atoms with Crippen molar-refractivity contribution in [2.24, 2.45) is 0 Å². The molecular weight excluding hydrogens is 400 g/mol. The number of hydrogen-bond donors (Lipinski definition) is 2. The number of nitrogens with one attached hydrogen (secondary N) is 2. The van der Waals surface area contributed by atoms with Crippen LogP contribution < -0.4 is 10.6 Å². The van der Waals surface area contributed by atoms with E-state index in [2.05, 4.69) is 20.4 Å². The van der Waals surface area contributed by atoms with Crippen molar-refractivity contribution in [1.82, 2.24) is 9.80 Å². The van der Waals surface area contributed by atoms with Crippen LogP contribution >= 0.6 is 11.6 Å². The van der Waals surface area contributed by atoms with E-state index in [-0.39, 0.29) is 17.9 Å². The fourth-order valence-electron chi connectivity index (χ4n) is 3.65. The predicted octanol–water partition coefficient (Wildman–Crippen LogP) is 3.54. The number of para-hydroxylation sites is 1. The van der Waals surface area contributed by atoms with Gasteiger partial charge in [0, 0.05) is 42.6 Å². The number of anilines is 2. The first kappa shape index (κ1) is 22.3. The highest BCUT2D eigenvalue weighted by Gasteiger charge is 2.26. The lowest BCUT2D eigenvalue weighted by atomic mass is 10.1. The first-order chi connectivity index (χ1) is 14.3. The maximum Gasteiger partial charge on any atom is 0.241 e. The lowest BCUT2D eigenvalue weighted by Gasteiger charge is -2.37. The minimum atomic E-state index is -0.244. The first-order valence-corrected chi connectivity index (χ1v) is 10.6. The Morgan fingerprint density at radius 3 is 2.17 bits per heavy atom. The van der Waals surface area contributed by atoms with Crippen molar-refractivity contribution in [1.29, 1.82) is 0 Å². The van der Waals surface area contributed by atoms with Crippen molar-refractivity contribution < 1.29 is 9.59 Å². The molecule has 1 aliphatic rings. The Morgan fingerprint density at radius 1 is 0.967 bits per heavy atom. The zero-order valence-electron chi connectivity index (χ0n) is 17.7. The number of carbonyl (C=O) groups excluding carboxylic acids is 2. The van der Waals surface area contributed by atoms with Gasteiger partial charge < -0.3 is 10.6 Å². The summed E-state index contributed by atoms with van der Waals surface area (Å²) < 4.78 is 0. The number of rotatable bonds is 6. The van der Waals surface area contributed by atoms with Crippen LogP contribution in [0.3, 0.4) is 0 Å². The van der Waals surface area contributed by atoms with Gasteiger partial charge in [0.1, 0.15) is 0 Å². The maximum atomic E-state index is 12.6. The fraction of sp³-hybridized carbons (Fsp3) is 0.391. The van der Waals surface area contributed by atoms with Crippen LogP contribution in [0.25, 0.3) is 0 Å². The fourth-order valence-corrected chi connectivity index (χ4v) is 3.77. The molecule has 7 heteroatoms. The molecule has 1 aliphatic heterocycles. The van der Waals surface area contributed by atoms with E-state index in [1.807, 2.05) is 39.0 Å². The normalized spacial score (nSPS) is 16.1. The Morgan fingerprint density at radius 2 is 1.57 bits per heavy atom. The van der Waals surface area contributed by atoms with Crippen LogP contribution in [-0.4, -0.2) is 60.4 Å². The van der Waals surface area contributed by atoms with Crippen LogP contribution in [0.2, 0.25) is 5.02 Å². The van der Waals surface area contributed by atoms with E-state index < -0.39 is 0 Å². The Bertz CT molecular complexity index is 872. The summed E-state index contributed by atoms with van der Waals surface area (Å²) in [5, 5.41) is 6.61. The van der Waals surface area contributed by atoms with Gasteiger partial charge in [-0.15, -0.1) is 0 Å². The van der Waals surface area contributed by atoms with Gasteiger partial charge in [0.05, 0.1) is 12.6 Å². The standard InChI is InChI=1S/C23H29ClN4O2/c1-16-5-4-6-17(2)22(16)26-21(29)15-27-11-13-28(14-12-27)18(3)23(30)25-20-9-7-19(24)8-10-20/h4-10,18H,11-15H2,1-3H3,(H,25,30)(H,26,29)/t18-/m0/s1. The number of amides is 2. The summed E-state index contributed by atoms with van der Waals surface area (Å²) in [7, 11) is 0. The third-order valence-electron chi connectivity index (χ3n) is 5.56. The minimum Gasteiger partial charge on any atom is -0.325 e. The van der Waals surface area contributed by atoms with Gasteiger partial charge in [-0.05, 0) is 56.2 Å². The molecule has 1 saturated heterocycles. The number of halogens is 1.